The van der Waals surface area contributed by atoms with Gasteiger partial charge in [0.2, 0.25) is 0 Å². The Hall–Kier alpha value is -1.04. The monoisotopic (exact) mass is 416 g/mol. The standard InChI is InChI=1S/C20H30Cl2N2O3/c1-13-5-6-23-16(17(13)25)18(26)24-15-7-19(2,3)11-20(4,8-15)12-27-10-14(22)9-21/h5-6,14-15,25H,7-12H2,1-4H3,(H,24,26). The third kappa shape index (κ3) is 6.23. The van der Waals surface area contributed by atoms with Gasteiger partial charge in [-0.15, -0.1) is 23.2 Å². The summed E-state index contributed by atoms with van der Waals surface area (Å²) in [5.41, 5.74) is 0.684. The summed E-state index contributed by atoms with van der Waals surface area (Å²) in [6, 6.07) is 1.66. The van der Waals surface area contributed by atoms with Crippen LogP contribution < -0.4 is 5.32 Å². The Morgan fingerprint density at radius 3 is 2.81 bits per heavy atom. The molecule has 1 aromatic heterocycles. The maximum absolute atomic E-state index is 12.7. The zero-order valence-electron chi connectivity index (χ0n) is 16.5. The van der Waals surface area contributed by atoms with Crippen LogP contribution in [0.25, 0.3) is 0 Å². The molecule has 0 radical (unpaired) electrons. The highest BCUT2D eigenvalue weighted by Gasteiger charge is 2.42. The summed E-state index contributed by atoms with van der Waals surface area (Å²) in [5.74, 6) is -0.0503. The zero-order chi connectivity index (χ0) is 20.2. The summed E-state index contributed by atoms with van der Waals surface area (Å²) in [4.78, 5) is 16.7. The van der Waals surface area contributed by atoms with E-state index in [1.54, 1.807) is 13.0 Å². The summed E-state index contributed by atoms with van der Waals surface area (Å²) in [6.07, 6.45) is 4.18. The number of pyridine rings is 1. The van der Waals surface area contributed by atoms with Gasteiger partial charge in [0.05, 0.1) is 18.6 Å². The van der Waals surface area contributed by atoms with E-state index in [0.717, 1.165) is 19.3 Å². The molecule has 1 aromatic rings. The Morgan fingerprint density at radius 2 is 2.15 bits per heavy atom. The average molecular weight is 417 g/mol. The molecule has 27 heavy (non-hydrogen) atoms. The molecule has 5 nitrogen and oxygen atoms in total. The van der Waals surface area contributed by atoms with Gasteiger partial charge >= 0.3 is 0 Å². The number of hydrogen-bond donors (Lipinski definition) is 2. The Morgan fingerprint density at radius 1 is 1.44 bits per heavy atom. The molecular formula is C20H30Cl2N2O3. The molecule has 1 aliphatic rings. The van der Waals surface area contributed by atoms with Crippen molar-refractivity contribution in [1.82, 2.24) is 10.3 Å². The van der Waals surface area contributed by atoms with Crippen molar-refractivity contribution in [2.45, 2.75) is 58.4 Å². The van der Waals surface area contributed by atoms with E-state index in [4.69, 9.17) is 27.9 Å². The number of alkyl halides is 2. The number of hydrogen-bond acceptors (Lipinski definition) is 4. The number of aryl methyl sites for hydroxylation is 1. The predicted octanol–water partition coefficient (Wildman–Crippen LogP) is 4.27. The number of aromatic hydroxyl groups is 1. The number of rotatable bonds is 7. The number of amides is 1. The van der Waals surface area contributed by atoms with Gasteiger partial charge in [0.1, 0.15) is 5.75 Å². The van der Waals surface area contributed by atoms with E-state index in [1.807, 2.05) is 0 Å². The maximum Gasteiger partial charge on any atom is 0.273 e. The van der Waals surface area contributed by atoms with Crippen LogP contribution in [0.4, 0.5) is 0 Å². The first-order valence-corrected chi connectivity index (χ1v) is 10.3. The zero-order valence-corrected chi connectivity index (χ0v) is 18.0. The van der Waals surface area contributed by atoms with Crippen LogP contribution >= 0.6 is 23.2 Å². The molecule has 0 spiro atoms. The van der Waals surface area contributed by atoms with E-state index < -0.39 is 0 Å². The number of carbonyl (C=O) groups is 1. The quantitative estimate of drug-likeness (QED) is 0.650. The van der Waals surface area contributed by atoms with Crippen molar-refractivity contribution in [1.29, 1.82) is 0 Å². The van der Waals surface area contributed by atoms with E-state index in [0.29, 0.717) is 24.7 Å². The molecule has 152 valence electrons. The van der Waals surface area contributed by atoms with E-state index in [2.05, 4.69) is 31.1 Å². The molecule has 3 unspecified atom stereocenters. The van der Waals surface area contributed by atoms with Crippen LogP contribution in [0, 0.1) is 17.8 Å². The van der Waals surface area contributed by atoms with Crippen molar-refractivity contribution < 1.29 is 14.6 Å². The lowest BCUT2D eigenvalue weighted by Crippen LogP contribution is -2.48. The fourth-order valence-electron chi connectivity index (χ4n) is 4.29. The molecule has 0 saturated heterocycles. The molecule has 1 heterocycles. The third-order valence-electron chi connectivity index (χ3n) is 5.04. The van der Waals surface area contributed by atoms with Crippen LogP contribution in [0.5, 0.6) is 5.75 Å². The minimum Gasteiger partial charge on any atom is -0.505 e. The summed E-state index contributed by atoms with van der Waals surface area (Å²) in [7, 11) is 0. The number of halogens is 2. The third-order valence-corrected chi connectivity index (χ3v) is 5.85. The van der Waals surface area contributed by atoms with Crippen molar-refractivity contribution in [3.05, 3.63) is 23.5 Å². The van der Waals surface area contributed by atoms with Crippen LogP contribution in [0.1, 0.15) is 56.1 Å². The Kier molecular flexibility index (Phi) is 7.40. The second-order valence-corrected chi connectivity index (χ2v) is 9.75. The van der Waals surface area contributed by atoms with E-state index in [1.165, 1.54) is 6.20 Å². The Labute approximate surface area is 171 Å². The highest BCUT2D eigenvalue weighted by atomic mass is 35.5. The van der Waals surface area contributed by atoms with Gasteiger partial charge in [-0.3, -0.25) is 4.79 Å². The van der Waals surface area contributed by atoms with Crippen LogP contribution in [0.2, 0.25) is 0 Å². The average Bonchev–Trinajstić information content (AvgIpc) is 2.55. The molecule has 1 fully saturated rings. The molecule has 2 N–H and O–H groups in total. The predicted molar refractivity (Wildman–Crippen MR) is 109 cm³/mol. The lowest BCUT2D eigenvalue weighted by atomic mass is 9.63. The largest absolute Gasteiger partial charge is 0.505 e. The van der Waals surface area contributed by atoms with Gasteiger partial charge in [-0.25, -0.2) is 4.98 Å². The van der Waals surface area contributed by atoms with Gasteiger partial charge in [0, 0.05) is 18.1 Å². The first kappa shape index (κ1) is 22.3. The summed E-state index contributed by atoms with van der Waals surface area (Å²) < 4.78 is 5.81. The smallest absolute Gasteiger partial charge is 0.273 e. The van der Waals surface area contributed by atoms with Gasteiger partial charge in [-0.05, 0) is 48.6 Å². The minimum atomic E-state index is -0.342. The highest BCUT2D eigenvalue weighted by Crippen LogP contribution is 2.46. The molecule has 2 rings (SSSR count). The number of nitrogens with zero attached hydrogens (tertiary/aromatic N) is 1. The van der Waals surface area contributed by atoms with Crippen LogP contribution in [-0.2, 0) is 4.74 Å². The summed E-state index contributed by atoms with van der Waals surface area (Å²) in [5, 5.41) is 13.0. The molecule has 7 heteroatoms. The number of ether oxygens (including phenoxy) is 1. The molecule has 0 bridgehead atoms. The van der Waals surface area contributed by atoms with Crippen molar-refractivity contribution in [2.75, 3.05) is 19.1 Å². The molecule has 3 atom stereocenters. The Bertz CT molecular complexity index is 669. The summed E-state index contributed by atoms with van der Waals surface area (Å²) >= 11 is 11.8. The van der Waals surface area contributed by atoms with E-state index >= 15 is 0 Å². The molecule has 1 aliphatic carbocycles. The SMILES string of the molecule is Cc1ccnc(C(=O)NC2CC(C)(C)CC(C)(COCC(Cl)CCl)C2)c1O. The molecular weight excluding hydrogens is 387 g/mol. The second-order valence-electron chi connectivity index (χ2n) is 8.82. The topological polar surface area (TPSA) is 71.5 Å². The van der Waals surface area contributed by atoms with Gasteiger partial charge in [0.25, 0.3) is 5.91 Å². The van der Waals surface area contributed by atoms with Gasteiger partial charge in [-0.1, -0.05) is 20.8 Å². The lowest BCUT2D eigenvalue weighted by molar-refractivity contribution is -0.0124. The highest BCUT2D eigenvalue weighted by molar-refractivity contribution is 6.28. The van der Waals surface area contributed by atoms with Gasteiger partial charge in [0.15, 0.2) is 5.69 Å². The maximum atomic E-state index is 12.7. The van der Waals surface area contributed by atoms with Crippen molar-refractivity contribution in [3.63, 3.8) is 0 Å². The number of nitrogens with one attached hydrogen (secondary N) is 1. The Balaban J connectivity index is 2.05. The molecule has 0 aromatic carbocycles. The number of aromatic nitrogens is 1. The minimum absolute atomic E-state index is 0.0172. The van der Waals surface area contributed by atoms with Crippen LogP contribution in [0.3, 0.4) is 0 Å². The first-order valence-electron chi connectivity index (χ1n) is 9.28. The van der Waals surface area contributed by atoms with Crippen LogP contribution in [0.15, 0.2) is 12.3 Å². The van der Waals surface area contributed by atoms with E-state index in [-0.39, 0.29) is 39.6 Å². The summed E-state index contributed by atoms with van der Waals surface area (Å²) in [6.45, 7) is 9.32. The van der Waals surface area contributed by atoms with Gasteiger partial charge in [-0.2, -0.15) is 0 Å². The van der Waals surface area contributed by atoms with E-state index in [9.17, 15) is 9.90 Å². The normalized spacial score (nSPS) is 25.8. The fourth-order valence-corrected chi connectivity index (χ4v) is 4.47. The number of carbonyl (C=O) groups excluding carboxylic acids is 1. The molecule has 0 aliphatic heterocycles. The first-order chi connectivity index (χ1) is 12.6. The van der Waals surface area contributed by atoms with Crippen molar-refractivity contribution in [3.8, 4) is 5.75 Å². The lowest BCUT2D eigenvalue weighted by Gasteiger charge is -2.46. The second kappa shape index (κ2) is 8.97. The molecule has 1 saturated carbocycles. The van der Waals surface area contributed by atoms with Crippen molar-refractivity contribution >= 4 is 29.1 Å². The van der Waals surface area contributed by atoms with Crippen molar-refractivity contribution in [2.24, 2.45) is 10.8 Å². The fraction of sp³-hybridized carbons (Fsp3) is 0.700. The van der Waals surface area contributed by atoms with Gasteiger partial charge < -0.3 is 15.2 Å². The van der Waals surface area contributed by atoms with Crippen LogP contribution in [-0.4, -0.2) is 46.5 Å². The molecule has 1 amide bonds.